The summed E-state index contributed by atoms with van der Waals surface area (Å²) in [4.78, 5) is 30.5. The Labute approximate surface area is 178 Å². The van der Waals surface area contributed by atoms with Gasteiger partial charge in [-0.1, -0.05) is 48.5 Å². The Morgan fingerprint density at radius 3 is 2.57 bits per heavy atom. The zero-order valence-electron chi connectivity index (χ0n) is 17.0. The zero-order chi connectivity index (χ0) is 21.3. The summed E-state index contributed by atoms with van der Waals surface area (Å²) in [5.41, 5.74) is 10.6. The second kappa shape index (κ2) is 8.24. The molecule has 0 aliphatic heterocycles. The monoisotopic (exact) mass is 417 g/mol. The number of aryl methyl sites for hydroxylation is 2. The van der Waals surface area contributed by atoms with E-state index in [4.69, 9.17) is 10.7 Å². The Hall–Kier alpha value is -3.25. The van der Waals surface area contributed by atoms with Crippen LogP contribution in [0.3, 0.4) is 0 Å². The second-order valence-corrected chi connectivity index (χ2v) is 8.35. The highest BCUT2D eigenvalue weighted by molar-refractivity contribution is 7.17. The van der Waals surface area contributed by atoms with E-state index in [1.807, 2.05) is 41.8 Å². The van der Waals surface area contributed by atoms with Crippen molar-refractivity contribution in [3.05, 3.63) is 86.8 Å². The van der Waals surface area contributed by atoms with Gasteiger partial charge >= 0.3 is 0 Å². The van der Waals surface area contributed by atoms with Crippen molar-refractivity contribution in [1.82, 2.24) is 9.55 Å². The summed E-state index contributed by atoms with van der Waals surface area (Å²) < 4.78 is 1.61. The fourth-order valence-electron chi connectivity index (χ4n) is 3.55. The number of amides is 1. The normalized spacial score (nSPS) is 11.1. The molecule has 0 radical (unpaired) electrons. The number of nitrogens with zero attached hydrogens (tertiary/aromatic N) is 2. The molecule has 0 aliphatic rings. The van der Waals surface area contributed by atoms with Crippen molar-refractivity contribution >= 4 is 27.5 Å². The van der Waals surface area contributed by atoms with Gasteiger partial charge in [0.15, 0.2) is 0 Å². The number of thiophene rings is 1. The van der Waals surface area contributed by atoms with Crippen molar-refractivity contribution in [3.8, 4) is 11.1 Å². The number of nitrogens with two attached hydrogens (primary N) is 1. The summed E-state index contributed by atoms with van der Waals surface area (Å²) in [5.74, 6) is 0.209. The molecule has 0 aliphatic carbocycles. The van der Waals surface area contributed by atoms with Crippen LogP contribution in [0.4, 0.5) is 0 Å². The maximum Gasteiger partial charge on any atom is 0.262 e. The van der Waals surface area contributed by atoms with Crippen molar-refractivity contribution in [2.45, 2.75) is 33.2 Å². The van der Waals surface area contributed by atoms with Gasteiger partial charge in [0.25, 0.3) is 5.56 Å². The standard InChI is InChI=1S/C24H23N3O2S/c1-15-8-9-18(12-16(15)2)19-14-30-23-22(19)24(29)27(11-10-20(25)28)21(26-23)13-17-6-4-3-5-7-17/h3-9,12,14H,10-11,13H2,1-2H3,(H2,25,28). The molecule has 2 aromatic carbocycles. The van der Waals surface area contributed by atoms with E-state index in [9.17, 15) is 9.59 Å². The number of rotatable bonds is 6. The first-order valence-electron chi connectivity index (χ1n) is 9.85. The third-order valence-electron chi connectivity index (χ3n) is 5.38. The number of carbonyl (C=O) groups is 1. The predicted octanol–water partition coefficient (Wildman–Crippen LogP) is 4.21. The van der Waals surface area contributed by atoms with E-state index in [1.54, 1.807) is 4.57 Å². The van der Waals surface area contributed by atoms with Crippen molar-refractivity contribution in [2.24, 2.45) is 5.73 Å². The molecule has 1 amide bonds. The van der Waals surface area contributed by atoms with E-state index in [2.05, 4.69) is 26.0 Å². The molecule has 4 aromatic rings. The third kappa shape index (κ3) is 3.91. The fourth-order valence-corrected chi connectivity index (χ4v) is 4.51. The fraction of sp³-hybridized carbons (Fsp3) is 0.208. The average Bonchev–Trinajstić information content (AvgIpc) is 3.14. The molecule has 152 valence electrons. The number of hydrogen-bond acceptors (Lipinski definition) is 4. The van der Waals surface area contributed by atoms with Crippen LogP contribution < -0.4 is 11.3 Å². The van der Waals surface area contributed by atoms with Crippen LogP contribution >= 0.6 is 11.3 Å². The van der Waals surface area contributed by atoms with Crippen molar-refractivity contribution in [2.75, 3.05) is 0 Å². The van der Waals surface area contributed by atoms with E-state index < -0.39 is 5.91 Å². The smallest absolute Gasteiger partial charge is 0.262 e. The Morgan fingerprint density at radius 2 is 1.87 bits per heavy atom. The van der Waals surface area contributed by atoms with Gasteiger partial charge in [-0.2, -0.15) is 0 Å². The van der Waals surface area contributed by atoms with Crippen LogP contribution in [0.5, 0.6) is 0 Å². The third-order valence-corrected chi connectivity index (χ3v) is 6.25. The van der Waals surface area contributed by atoms with E-state index in [1.165, 1.54) is 22.5 Å². The molecular formula is C24H23N3O2S. The molecule has 0 bridgehead atoms. The van der Waals surface area contributed by atoms with Gasteiger partial charge in [-0.15, -0.1) is 11.3 Å². The highest BCUT2D eigenvalue weighted by atomic mass is 32.1. The minimum absolute atomic E-state index is 0.0952. The molecule has 2 heterocycles. The van der Waals surface area contributed by atoms with Crippen molar-refractivity contribution in [3.63, 3.8) is 0 Å². The maximum absolute atomic E-state index is 13.5. The summed E-state index contributed by atoms with van der Waals surface area (Å²) in [6.07, 6.45) is 0.611. The summed E-state index contributed by atoms with van der Waals surface area (Å²) >= 11 is 1.47. The molecule has 6 heteroatoms. The van der Waals surface area contributed by atoms with Gasteiger partial charge in [-0.3, -0.25) is 14.2 Å². The van der Waals surface area contributed by atoms with Gasteiger partial charge in [0.05, 0.1) is 5.39 Å². The highest BCUT2D eigenvalue weighted by Gasteiger charge is 2.18. The van der Waals surface area contributed by atoms with E-state index >= 15 is 0 Å². The SMILES string of the molecule is Cc1ccc(-c2csc3nc(Cc4ccccc4)n(CCC(N)=O)c(=O)c23)cc1C. The minimum Gasteiger partial charge on any atom is -0.370 e. The first kappa shape index (κ1) is 20.0. The van der Waals surface area contributed by atoms with Gasteiger partial charge in [0, 0.05) is 30.3 Å². The first-order chi connectivity index (χ1) is 14.4. The molecule has 2 aromatic heterocycles. The molecule has 4 rings (SSSR count). The number of aromatic nitrogens is 2. The van der Waals surface area contributed by atoms with Gasteiger partial charge in [-0.05, 0) is 36.1 Å². The molecule has 0 fully saturated rings. The number of hydrogen-bond donors (Lipinski definition) is 1. The molecule has 5 nitrogen and oxygen atoms in total. The maximum atomic E-state index is 13.5. The van der Waals surface area contributed by atoms with Crippen LogP contribution in [0.1, 0.15) is 28.9 Å². The lowest BCUT2D eigenvalue weighted by Gasteiger charge is -2.13. The zero-order valence-corrected chi connectivity index (χ0v) is 17.8. The molecule has 0 unspecified atom stereocenters. The molecular weight excluding hydrogens is 394 g/mol. The highest BCUT2D eigenvalue weighted by Crippen LogP contribution is 2.32. The molecule has 30 heavy (non-hydrogen) atoms. The number of carbonyl (C=O) groups excluding carboxylic acids is 1. The number of primary amides is 1. The average molecular weight is 418 g/mol. The lowest BCUT2D eigenvalue weighted by molar-refractivity contribution is -0.118. The van der Waals surface area contributed by atoms with Crippen LogP contribution in [0, 0.1) is 13.8 Å². The van der Waals surface area contributed by atoms with Gasteiger partial charge < -0.3 is 5.73 Å². The summed E-state index contributed by atoms with van der Waals surface area (Å²) in [7, 11) is 0. The summed E-state index contributed by atoms with van der Waals surface area (Å²) in [6, 6.07) is 16.1. The van der Waals surface area contributed by atoms with Crippen LogP contribution in [-0.2, 0) is 17.8 Å². The summed E-state index contributed by atoms with van der Waals surface area (Å²) in [6.45, 7) is 4.36. The predicted molar refractivity (Wildman–Crippen MR) is 122 cm³/mol. The van der Waals surface area contributed by atoms with Crippen molar-refractivity contribution in [1.29, 1.82) is 0 Å². The topological polar surface area (TPSA) is 78.0 Å². The Bertz CT molecular complexity index is 1290. The molecule has 0 atom stereocenters. The van der Waals surface area contributed by atoms with Crippen LogP contribution in [0.15, 0.2) is 58.7 Å². The summed E-state index contributed by atoms with van der Waals surface area (Å²) in [5, 5.41) is 2.60. The molecule has 0 saturated heterocycles. The molecule has 0 saturated carbocycles. The minimum atomic E-state index is -0.438. The van der Waals surface area contributed by atoms with E-state index in [0.29, 0.717) is 17.6 Å². The number of benzene rings is 2. The number of fused-ring (bicyclic) bond motifs is 1. The van der Waals surface area contributed by atoms with Gasteiger partial charge in [0.2, 0.25) is 5.91 Å². The quantitative estimate of drug-likeness (QED) is 0.510. The lowest BCUT2D eigenvalue weighted by Crippen LogP contribution is -2.27. The largest absolute Gasteiger partial charge is 0.370 e. The van der Waals surface area contributed by atoms with E-state index in [-0.39, 0.29) is 18.5 Å². The van der Waals surface area contributed by atoms with Crippen LogP contribution in [-0.4, -0.2) is 15.5 Å². The van der Waals surface area contributed by atoms with Gasteiger partial charge in [-0.25, -0.2) is 4.98 Å². The van der Waals surface area contributed by atoms with Crippen LogP contribution in [0.2, 0.25) is 0 Å². The van der Waals surface area contributed by atoms with E-state index in [0.717, 1.165) is 21.5 Å². The molecule has 2 N–H and O–H groups in total. The Morgan fingerprint density at radius 1 is 1.10 bits per heavy atom. The lowest BCUT2D eigenvalue weighted by atomic mass is 10.0. The second-order valence-electron chi connectivity index (χ2n) is 7.49. The Kier molecular flexibility index (Phi) is 5.50. The Balaban J connectivity index is 1.88. The van der Waals surface area contributed by atoms with Gasteiger partial charge in [0.1, 0.15) is 10.7 Å². The van der Waals surface area contributed by atoms with Crippen molar-refractivity contribution < 1.29 is 4.79 Å². The molecule has 0 spiro atoms. The van der Waals surface area contributed by atoms with Crippen LogP contribution in [0.25, 0.3) is 21.3 Å². The first-order valence-corrected chi connectivity index (χ1v) is 10.7.